The summed E-state index contributed by atoms with van der Waals surface area (Å²) in [6.45, 7) is 0. The summed E-state index contributed by atoms with van der Waals surface area (Å²) >= 11 is 0. The maximum atomic E-state index is 12.5. The minimum absolute atomic E-state index is 0.0849. The van der Waals surface area contributed by atoms with E-state index in [9.17, 15) is 9.59 Å². The molecule has 1 amide bonds. The molecule has 1 saturated heterocycles. The Morgan fingerprint density at radius 3 is 2.48 bits per heavy atom. The average Bonchev–Trinajstić information content (AvgIpc) is 2.98. The summed E-state index contributed by atoms with van der Waals surface area (Å²) in [6.07, 6.45) is -0.455. The number of hydrogen-bond donors (Lipinski definition) is 1. The molecule has 3 rings (SSSR count). The molecule has 23 heavy (non-hydrogen) atoms. The largest absolute Gasteiger partial charge is 0.497 e. The average molecular weight is 311 g/mol. The zero-order valence-electron chi connectivity index (χ0n) is 12.7. The van der Waals surface area contributed by atoms with Crippen molar-refractivity contribution in [3.8, 4) is 5.75 Å². The van der Waals surface area contributed by atoms with Crippen molar-refractivity contribution < 1.29 is 19.1 Å². The minimum Gasteiger partial charge on any atom is -0.497 e. The van der Waals surface area contributed by atoms with Crippen LogP contribution >= 0.6 is 0 Å². The normalized spacial score (nSPS) is 20.0. The van der Waals surface area contributed by atoms with E-state index >= 15 is 0 Å². The predicted octanol–water partition coefficient (Wildman–Crippen LogP) is 2.94. The maximum absolute atomic E-state index is 12.5. The summed E-state index contributed by atoms with van der Waals surface area (Å²) in [6, 6.07) is 16.4. The molecule has 0 saturated carbocycles. The molecule has 2 aromatic rings. The van der Waals surface area contributed by atoms with E-state index in [1.807, 2.05) is 30.3 Å². The zero-order valence-corrected chi connectivity index (χ0v) is 12.7. The van der Waals surface area contributed by atoms with Gasteiger partial charge in [0.05, 0.1) is 19.4 Å². The number of nitrogens with one attached hydrogen (secondary N) is 1. The summed E-state index contributed by atoms with van der Waals surface area (Å²) in [4.78, 5) is 24.2. The van der Waals surface area contributed by atoms with Crippen LogP contribution in [0.1, 0.15) is 18.1 Å². The lowest BCUT2D eigenvalue weighted by Crippen LogP contribution is -2.25. The Labute approximate surface area is 134 Å². The summed E-state index contributed by atoms with van der Waals surface area (Å²) in [7, 11) is 1.58. The molecule has 2 aromatic carbocycles. The van der Waals surface area contributed by atoms with Gasteiger partial charge in [-0.3, -0.25) is 9.59 Å². The molecular formula is C18H17NO4. The molecule has 1 fully saturated rings. The number of methoxy groups -OCH3 is 1. The third-order valence-corrected chi connectivity index (χ3v) is 3.83. The fourth-order valence-electron chi connectivity index (χ4n) is 2.64. The Bertz CT molecular complexity index is 697. The van der Waals surface area contributed by atoms with Crippen LogP contribution in [0.25, 0.3) is 0 Å². The Morgan fingerprint density at radius 1 is 1.13 bits per heavy atom. The van der Waals surface area contributed by atoms with E-state index in [-0.39, 0.29) is 18.3 Å². The van der Waals surface area contributed by atoms with Gasteiger partial charge >= 0.3 is 5.97 Å². The summed E-state index contributed by atoms with van der Waals surface area (Å²) in [5.74, 6) is -0.403. The Balaban J connectivity index is 1.75. The van der Waals surface area contributed by atoms with Gasteiger partial charge in [0.1, 0.15) is 11.9 Å². The molecule has 0 spiro atoms. The lowest BCUT2D eigenvalue weighted by Gasteiger charge is -2.17. The van der Waals surface area contributed by atoms with Gasteiger partial charge in [0.25, 0.3) is 0 Å². The number of rotatable bonds is 4. The van der Waals surface area contributed by atoms with Gasteiger partial charge in [-0.1, -0.05) is 30.3 Å². The van der Waals surface area contributed by atoms with Gasteiger partial charge < -0.3 is 14.8 Å². The van der Waals surface area contributed by atoms with Crippen LogP contribution in [0, 0.1) is 5.92 Å². The van der Waals surface area contributed by atoms with Crippen molar-refractivity contribution in [1.29, 1.82) is 0 Å². The number of carbonyl (C=O) groups excluding carboxylic acids is 2. The second-order valence-corrected chi connectivity index (χ2v) is 5.35. The lowest BCUT2D eigenvalue weighted by atomic mass is 9.94. The van der Waals surface area contributed by atoms with Gasteiger partial charge in [-0.15, -0.1) is 0 Å². The van der Waals surface area contributed by atoms with E-state index < -0.39 is 12.0 Å². The Kier molecular flexibility index (Phi) is 4.28. The molecule has 0 radical (unpaired) electrons. The molecule has 0 unspecified atom stereocenters. The highest BCUT2D eigenvalue weighted by molar-refractivity contribution is 5.96. The number of ether oxygens (including phenoxy) is 2. The van der Waals surface area contributed by atoms with E-state index in [1.54, 1.807) is 31.4 Å². The standard InChI is InChI=1S/C18H17NO4/c1-22-14-9-7-13(8-10-14)19-18(21)15-11-16(20)23-17(15)12-5-3-2-4-6-12/h2-10,15,17H,11H2,1H3,(H,19,21)/t15-,17+/m1/s1. The number of esters is 1. The van der Waals surface area contributed by atoms with Crippen LogP contribution in [0.2, 0.25) is 0 Å². The van der Waals surface area contributed by atoms with Crippen LogP contribution < -0.4 is 10.1 Å². The monoisotopic (exact) mass is 311 g/mol. The van der Waals surface area contributed by atoms with Gasteiger partial charge in [-0.2, -0.15) is 0 Å². The number of anilines is 1. The van der Waals surface area contributed by atoms with E-state index in [1.165, 1.54) is 0 Å². The van der Waals surface area contributed by atoms with Crippen LogP contribution in [0.5, 0.6) is 5.75 Å². The van der Waals surface area contributed by atoms with Crippen LogP contribution in [-0.2, 0) is 14.3 Å². The highest BCUT2D eigenvalue weighted by atomic mass is 16.6. The first-order chi connectivity index (χ1) is 11.2. The topological polar surface area (TPSA) is 64.6 Å². The first kappa shape index (κ1) is 15.1. The van der Waals surface area contributed by atoms with Gasteiger partial charge in [0.2, 0.25) is 5.91 Å². The fraction of sp³-hybridized carbons (Fsp3) is 0.222. The Hall–Kier alpha value is -2.82. The van der Waals surface area contributed by atoms with Crippen molar-refractivity contribution in [3.05, 3.63) is 60.2 Å². The van der Waals surface area contributed by atoms with Gasteiger partial charge in [0, 0.05) is 5.69 Å². The maximum Gasteiger partial charge on any atom is 0.307 e. The molecule has 0 bridgehead atoms. The number of hydrogen-bond acceptors (Lipinski definition) is 4. The molecule has 5 nitrogen and oxygen atoms in total. The molecule has 1 aliphatic heterocycles. The fourth-order valence-corrected chi connectivity index (χ4v) is 2.64. The molecule has 2 atom stereocenters. The molecule has 1 N–H and O–H groups in total. The van der Waals surface area contributed by atoms with Crippen LogP contribution in [0.15, 0.2) is 54.6 Å². The molecule has 1 heterocycles. The summed E-state index contributed by atoms with van der Waals surface area (Å²) < 4.78 is 10.4. The molecule has 0 aromatic heterocycles. The second kappa shape index (κ2) is 6.52. The molecule has 1 aliphatic rings. The second-order valence-electron chi connectivity index (χ2n) is 5.35. The van der Waals surface area contributed by atoms with Crippen molar-refractivity contribution in [2.75, 3.05) is 12.4 Å². The number of carbonyl (C=O) groups is 2. The van der Waals surface area contributed by atoms with Crippen molar-refractivity contribution in [3.63, 3.8) is 0 Å². The van der Waals surface area contributed by atoms with Crippen molar-refractivity contribution in [2.24, 2.45) is 5.92 Å². The smallest absolute Gasteiger partial charge is 0.307 e. The van der Waals surface area contributed by atoms with Crippen molar-refractivity contribution >= 4 is 17.6 Å². The number of cyclic esters (lactones) is 1. The van der Waals surface area contributed by atoms with Crippen molar-refractivity contribution in [1.82, 2.24) is 0 Å². The van der Waals surface area contributed by atoms with E-state index in [0.29, 0.717) is 11.4 Å². The quantitative estimate of drug-likeness (QED) is 0.882. The SMILES string of the molecule is COc1ccc(NC(=O)[C@@H]2CC(=O)O[C@H]2c2ccccc2)cc1. The van der Waals surface area contributed by atoms with E-state index in [2.05, 4.69) is 5.32 Å². The first-order valence-corrected chi connectivity index (χ1v) is 7.36. The molecular weight excluding hydrogens is 294 g/mol. The van der Waals surface area contributed by atoms with E-state index in [4.69, 9.17) is 9.47 Å². The Morgan fingerprint density at radius 2 is 1.83 bits per heavy atom. The number of amides is 1. The molecule has 5 heteroatoms. The lowest BCUT2D eigenvalue weighted by molar-refractivity contribution is -0.141. The van der Waals surface area contributed by atoms with E-state index in [0.717, 1.165) is 5.56 Å². The minimum atomic E-state index is -0.540. The summed E-state index contributed by atoms with van der Waals surface area (Å²) in [5, 5.41) is 2.83. The van der Waals surface area contributed by atoms with Crippen molar-refractivity contribution in [2.45, 2.75) is 12.5 Å². The number of benzene rings is 2. The van der Waals surface area contributed by atoms with Gasteiger partial charge in [-0.05, 0) is 29.8 Å². The van der Waals surface area contributed by atoms with Gasteiger partial charge in [-0.25, -0.2) is 0 Å². The molecule has 118 valence electrons. The molecule has 0 aliphatic carbocycles. The zero-order chi connectivity index (χ0) is 16.2. The predicted molar refractivity (Wildman–Crippen MR) is 85.0 cm³/mol. The van der Waals surface area contributed by atoms with Crippen LogP contribution in [0.4, 0.5) is 5.69 Å². The third kappa shape index (κ3) is 3.34. The van der Waals surface area contributed by atoms with Gasteiger partial charge in [0.15, 0.2) is 0 Å². The van der Waals surface area contributed by atoms with Crippen LogP contribution in [0.3, 0.4) is 0 Å². The highest BCUT2D eigenvalue weighted by Crippen LogP contribution is 2.36. The van der Waals surface area contributed by atoms with Crippen LogP contribution in [-0.4, -0.2) is 19.0 Å². The highest BCUT2D eigenvalue weighted by Gasteiger charge is 2.40. The third-order valence-electron chi connectivity index (χ3n) is 3.83. The first-order valence-electron chi connectivity index (χ1n) is 7.36. The summed E-state index contributed by atoms with van der Waals surface area (Å²) in [5.41, 5.74) is 1.48.